The van der Waals surface area contributed by atoms with Crippen LogP contribution in [0.1, 0.15) is 31.4 Å². The van der Waals surface area contributed by atoms with Crippen molar-refractivity contribution in [1.82, 2.24) is 10.3 Å². The molecule has 148 valence electrons. The number of fused-ring (bicyclic) bond motifs is 2. The number of aromatic amines is 1. The van der Waals surface area contributed by atoms with Crippen molar-refractivity contribution in [2.45, 2.75) is 25.7 Å². The third-order valence-corrected chi connectivity index (χ3v) is 6.32. The van der Waals surface area contributed by atoms with Gasteiger partial charge in [-0.1, -0.05) is 18.2 Å². The lowest BCUT2D eigenvalue weighted by Crippen LogP contribution is -2.53. The molecule has 0 radical (unpaired) electrons. The standard InChI is InChI=1S/C22H24N6O/c23-28-10-9-24-13-20(28)21(16-7-5-15(6-8-16)12-25-14-29)27-22(28)19-11-17-3-1-2-4-18(17)26-19/h1-4,9-11,13-16H,5-8,12,23H2,(H-,24,25,26,27,29)/p+1. The van der Waals surface area contributed by atoms with E-state index in [1.165, 1.54) is 0 Å². The maximum absolute atomic E-state index is 10.6. The number of aliphatic imine (C=N–C) groups is 2. The van der Waals surface area contributed by atoms with Gasteiger partial charge in [0.05, 0.1) is 12.4 Å². The Kier molecular flexibility index (Phi) is 4.41. The Labute approximate surface area is 169 Å². The number of hydrogen-bond acceptors (Lipinski definition) is 4. The van der Waals surface area contributed by atoms with Crippen LogP contribution in [-0.4, -0.2) is 34.6 Å². The zero-order valence-electron chi connectivity index (χ0n) is 16.2. The first-order chi connectivity index (χ1) is 14.2. The molecule has 4 N–H and O–H groups in total. The Balaban J connectivity index is 1.48. The van der Waals surface area contributed by atoms with E-state index < -0.39 is 0 Å². The molecule has 7 nitrogen and oxygen atoms in total. The molecule has 0 saturated heterocycles. The first-order valence-electron chi connectivity index (χ1n) is 10.2. The van der Waals surface area contributed by atoms with Crippen LogP contribution in [0.3, 0.4) is 0 Å². The molecule has 0 spiro atoms. The maximum atomic E-state index is 10.6. The average Bonchev–Trinajstić information content (AvgIpc) is 3.31. The van der Waals surface area contributed by atoms with E-state index >= 15 is 0 Å². The van der Waals surface area contributed by atoms with Crippen LogP contribution in [0.15, 0.2) is 64.1 Å². The normalized spacial score (nSPS) is 28.5. The summed E-state index contributed by atoms with van der Waals surface area (Å²) in [5.74, 6) is 8.56. The molecule has 29 heavy (non-hydrogen) atoms. The Bertz CT molecular complexity index is 1040. The quantitative estimate of drug-likeness (QED) is 0.416. The first-order valence-corrected chi connectivity index (χ1v) is 10.2. The fraction of sp³-hybridized carbons (Fsp3) is 0.318. The van der Waals surface area contributed by atoms with Crippen LogP contribution in [0.2, 0.25) is 0 Å². The Morgan fingerprint density at radius 2 is 2.07 bits per heavy atom. The van der Waals surface area contributed by atoms with Gasteiger partial charge in [0.1, 0.15) is 17.6 Å². The van der Waals surface area contributed by atoms with Crippen molar-refractivity contribution in [3.8, 4) is 0 Å². The number of quaternary nitrogens is 1. The molecule has 1 aliphatic carbocycles. The Morgan fingerprint density at radius 3 is 2.86 bits per heavy atom. The minimum Gasteiger partial charge on any atom is -0.358 e. The van der Waals surface area contributed by atoms with Crippen LogP contribution < -0.4 is 11.2 Å². The number of nitrogens with one attached hydrogen (secondary N) is 2. The highest BCUT2D eigenvalue weighted by Crippen LogP contribution is 2.41. The summed E-state index contributed by atoms with van der Waals surface area (Å²) >= 11 is 0. The van der Waals surface area contributed by atoms with Gasteiger partial charge in [-0.05, 0) is 43.7 Å². The zero-order valence-corrected chi connectivity index (χ0v) is 16.2. The number of hydrogen-bond donors (Lipinski definition) is 3. The lowest BCUT2D eigenvalue weighted by Gasteiger charge is -2.29. The number of amidine groups is 1. The van der Waals surface area contributed by atoms with Crippen LogP contribution in [0.5, 0.6) is 0 Å². The predicted molar refractivity (Wildman–Crippen MR) is 113 cm³/mol. The largest absolute Gasteiger partial charge is 0.358 e. The second kappa shape index (κ2) is 7.09. The Morgan fingerprint density at radius 1 is 1.24 bits per heavy atom. The van der Waals surface area contributed by atoms with Crippen LogP contribution in [-0.2, 0) is 4.79 Å². The monoisotopic (exact) mass is 389 g/mol. The number of rotatable bonds is 5. The molecule has 1 amide bonds. The lowest BCUT2D eigenvalue weighted by atomic mass is 9.80. The summed E-state index contributed by atoms with van der Waals surface area (Å²) in [5.41, 5.74) is 4.02. The van der Waals surface area contributed by atoms with Gasteiger partial charge in [0.25, 0.3) is 5.84 Å². The predicted octanol–water partition coefficient (Wildman–Crippen LogP) is 2.94. The molecule has 0 bridgehead atoms. The molecule has 1 fully saturated rings. The minimum atomic E-state index is 0.0539. The number of benzene rings is 1. The van der Waals surface area contributed by atoms with Crippen LogP contribution in [0.25, 0.3) is 10.9 Å². The van der Waals surface area contributed by atoms with Gasteiger partial charge in [0, 0.05) is 23.4 Å². The molecule has 1 unspecified atom stereocenters. The van der Waals surface area contributed by atoms with E-state index in [-0.39, 0.29) is 4.59 Å². The molecule has 7 heteroatoms. The van der Waals surface area contributed by atoms with Crippen molar-refractivity contribution in [2.75, 3.05) is 6.54 Å². The summed E-state index contributed by atoms with van der Waals surface area (Å²) < 4.78 is 0.0539. The van der Waals surface area contributed by atoms with E-state index in [0.717, 1.165) is 72.5 Å². The van der Waals surface area contributed by atoms with Crippen LogP contribution in [0.4, 0.5) is 0 Å². The van der Waals surface area contributed by atoms with Crippen molar-refractivity contribution in [2.24, 2.45) is 27.7 Å². The molecule has 1 atom stereocenters. The van der Waals surface area contributed by atoms with Crippen molar-refractivity contribution >= 4 is 29.4 Å². The van der Waals surface area contributed by atoms with Gasteiger partial charge >= 0.3 is 0 Å². The fourth-order valence-electron chi connectivity index (χ4n) is 4.74. The SMILES string of the molecule is N[N+]12C=CN=CC1=C(C1CCC(CNC=O)CC1)N=C2c1cc2ccccc2[nH]1. The van der Waals surface area contributed by atoms with E-state index in [9.17, 15) is 4.79 Å². The molecule has 3 aliphatic rings. The average molecular weight is 389 g/mol. The van der Waals surface area contributed by atoms with Crippen LogP contribution >= 0.6 is 0 Å². The highest BCUT2D eigenvalue weighted by molar-refractivity contribution is 6.02. The van der Waals surface area contributed by atoms with E-state index in [1.807, 2.05) is 24.5 Å². The third kappa shape index (κ3) is 3.03. The van der Waals surface area contributed by atoms with Gasteiger partial charge in [-0.2, -0.15) is 10.8 Å². The van der Waals surface area contributed by atoms with Gasteiger partial charge in [-0.15, -0.1) is 4.59 Å². The summed E-state index contributed by atoms with van der Waals surface area (Å²) in [6.45, 7) is 0.757. The number of amides is 1. The minimum absolute atomic E-state index is 0.0539. The number of carbonyl (C=O) groups is 1. The lowest BCUT2D eigenvalue weighted by molar-refractivity contribution is -0.750. The summed E-state index contributed by atoms with van der Waals surface area (Å²) in [7, 11) is 0. The fourth-order valence-corrected chi connectivity index (χ4v) is 4.74. The molecule has 5 rings (SSSR count). The summed E-state index contributed by atoms with van der Waals surface area (Å²) in [4.78, 5) is 23.5. The maximum Gasteiger partial charge on any atom is 0.281 e. The van der Waals surface area contributed by atoms with Crippen LogP contribution in [0, 0.1) is 11.8 Å². The molecule has 3 heterocycles. The van der Waals surface area contributed by atoms with Crippen molar-refractivity contribution < 1.29 is 9.39 Å². The molecular formula is C22H25N6O+. The third-order valence-electron chi connectivity index (χ3n) is 6.32. The molecule has 1 aromatic carbocycles. The number of aromatic nitrogens is 1. The Hall–Kier alpha value is -3.03. The van der Waals surface area contributed by atoms with Gasteiger partial charge < -0.3 is 10.3 Å². The van der Waals surface area contributed by atoms with E-state index in [2.05, 4.69) is 33.5 Å². The molecule has 1 saturated carbocycles. The summed E-state index contributed by atoms with van der Waals surface area (Å²) in [5, 5.41) is 3.96. The van der Waals surface area contributed by atoms with Gasteiger partial charge in [0.15, 0.2) is 0 Å². The second-order valence-electron chi connectivity index (χ2n) is 8.07. The summed E-state index contributed by atoms with van der Waals surface area (Å²) in [6.07, 6.45) is 10.5. The van der Waals surface area contributed by atoms with Gasteiger partial charge in [0.2, 0.25) is 12.1 Å². The number of H-pyrrole nitrogens is 1. The number of allylic oxidation sites excluding steroid dienone is 2. The first kappa shape index (κ1) is 18.0. The number of nitrogens with two attached hydrogens (primary N) is 1. The number of nitrogens with zero attached hydrogens (tertiary/aromatic N) is 3. The highest BCUT2D eigenvalue weighted by atomic mass is 16.1. The van der Waals surface area contributed by atoms with Gasteiger partial charge in [-0.3, -0.25) is 9.79 Å². The second-order valence-corrected chi connectivity index (χ2v) is 8.07. The number of para-hydroxylation sites is 1. The number of carbonyl (C=O) groups excluding carboxylic acids is 1. The highest BCUT2D eigenvalue weighted by Gasteiger charge is 2.46. The van der Waals surface area contributed by atoms with Crippen molar-refractivity contribution in [3.63, 3.8) is 0 Å². The van der Waals surface area contributed by atoms with Crippen molar-refractivity contribution in [3.05, 3.63) is 59.8 Å². The van der Waals surface area contributed by atoms with E-state index in [0.29, 0.717) is 11.8 Å². The topological polar surface area (TPSA) is 95.6 Å². The van der Waals surface area contributed by atoms with Crippen molar-refractivity contribution in [1.29, 1.82) is 0 Å². The summed E-state index contributed by atoms with van der Waals surface area (Å²) in [6, 6.07) is 10.3. The smallest absolute Gasteiger partial charge is 0.281 e. The van der Waals surface area contributed by atoms with E-state index in [4.69, 9.17) is 10.8 Å². The molecular weight excluding hydrogens is 364 g/mol. The zero-order chi connectivity index (χ0) is 19.8. The van der Waals surface area contributed by atoms with Gasteiger partial charge in [-0.25, -0.2) is 0 Å². The van der Waals surface area contributed by atoms with E-state index in [1.54, 1.807) is 6.20 Å². The molecule has 2 aliphatic heterocycles. The molecule has 2 aromatic rings. The molecule has 1 aromatic heterocycles.